The third-order valence-electron chi connectivity index (χ3n) is 3.38. The molecule has 1 aromatic heterocycles. The van der Waals surface area contributed by atoms with Crippen LogP contribution in [0.5, 0.6) is 0 Å². The minimum absolute atomic E-state index is 0.932. The van der Waals surface area contributed by atoms with E-state index in [-0.39, 0.29) is 0 Å². The van der Waals surface area contributed by atoms with Gasteiger partial charge in [-0.25, -0.2) is 0 Å². The first kappa shape index (κ1) is 11.1. The number of hydrogen-bond donors (Lipinski definition) is 0. The van der Waals surface area contributed by atoms with Crippen LogP contribution < -0.4 is 3.55 Å². The van der Waals surface area contributed by atoms with Crippen LogP contribution in [0.3, 0.4) is 0 Å². The van der Waals surface area contributed by atoms with E-state index >= 15 is 0 Å². The van der Waals surface area contributed by atoms with Crippen LogP contribution in [0.2, 0.25) is 5.02 Å². The molecule has 1 nitrogen and oxygen atoms in total. The van der Waals surface area contributed by atoms with Gasteiger partial charge in [-0.05, 0) is 0 Å². The summed E-state index contributed by atoms with van der Waals surface area (Å²) in [5.74, 6) is 0. The molecule has 0 aliphatic carbocycles. The van der Waals surface area contributed by atoms with Crippen molar-refractivity contribution >= 4 is 54.3 Å². The van der Waals surface area contributed by atoms with Gasteiger partial charge >= 0.3 is 114 Å². The van der Waals surface area contributed by atoms with Gasteiger partial charge in [0, 0.05) is 0 Å². The quantitative estimate of drug-likeness (QED) is 0.642. The Morgan fingerprint density at radius 2 is 2.19 bits per heavy atom. The second-order valence-corrected chi connectivity index (χ2v) is 6.19. The van der Waals surface area contributed by atoms with Gasteiger partial charge in [-0.15, -0.1) is 0 Å². The first-order chi connectivity index (χ1) is 7.66. The van der Waals surface area contributed by atoms with E-state index in [0.29, 0.717) is 0 Å². The molecular weight excluding hydrogens is 233 g/mol. The maximum atomic E-state index is 6.32. The zero-order chi connectivity index (χ0) is 11.3. The van der Waals surface area contributed by atoms with E-state index in [9.17, 15) is 0 Å². The predicted octanol–water partition coefficient (Wildman–Crippen LogP) is 2.34. The molecule has 0 spiro atoms. The Bertz CT molecular complexity index is 564. The summed E-state index contributed by atoms with van der Waals surface area (Å²) in [7, 11) is 2.18. The van der Waals surface area contributed by atoms with Crippen molar-refractivity contribution in [3.63, 3.8) is 0 Å². The van der Waals surface area contributed by atoms with Crippen LogP contribution in [0, 0.1) is 0 Å². The zero-order valence-corrected chi connectivity index (χ0v) is 11.1. The van der Waals surface area contributed by atoms with E-state index in [1.165, 1.54) is 24.8 Å². The van der Waals surface area contributed by atoms with Gasteiger partial charge in [-0.1, -0.05) is 0 Å². The molecule has 0 radical (unpaired) electrons. The van der Waals surface area contributed by atoms with E-state index in [0.717, 1.165) is 24.5 Å². The molecule has 0 saturated heterocycles. The Morgan fingerprint density at radius 1 is 1.38 bits per heavy atom. The maximum absolute atomic E-state index is 6.32. The van der Waals surface area contributed by atoms with Gasteiger partial charge in [0.1, 0.15) is 0 Å². The Morgan fingerprint density at radius 3 is 3.00 bits per heavy atom. The van der Waals surface area contributed by atoms with Gasteiger partial charge < -0.3 is 0 Å². The van der Waals surface area contributed by atoms with Crippen molar-refractivity contribution in [2.24, 2.45) is 0 Å². The molecule has 0 bridgehead atoms. The molecule has 4 heteroatoms. The SMILES string of the molecule is [Li][c]1sc2ccc(Cl)c3c2c1CN(C)CC3. The molecule has 0 amide bonds. The number of thiophene rings is 1. The molecule has 1 aromatic carbocycles. The van der Waals surface area contributed by atoms with Crippen molar-refractivity contribution in [1.82, 2.24) is 4.90 Å². The monoisotopic (exact) mass is 243 g/mol. The Kier molecular flexibility index (Phi) is 2.82. The van der Waals surface area contributed by atoms with Crippen LogP contribution in [0.1, 0.15) is 11.1 Å². The number of likely N-dealkylation sites (N-methyl/N-ethyl adjacent to an activating group) is 1. The molecule has 2 heterocycles. The first-order valence-electron chi connectivity index (χ1n) is 5.54. The third-order valence-corrected chi connectivity index (χ3v) is 4.85. The fourth-order valence-electron chi connectivity index (χ4n) is 2.51. The van der Waals surface area contributed by atoms with Crippen molar-refractivity contribution in [3.05, 3.63) is 28.3 Å². The van der Waals surface area contributed by atoms with E-state index in [1.54, 1.807) is 0 Å². The van der Waals surface area contributed by atoms with Crippen molar-refractivity contribution in [2.75, 3.05) is 13.6 Å². The molecule has 0 N–H and O–H groups in total. The van der Waals surface area contributed by atoms with Gasteiger partial charge in [-0.3, -0.25) is 0 Å². The van der Waals surface area contributed by atoms with Crippen LogP contribution >= 0.6 is 22.9 Å². The standard InChI is InChI=1S/C12H11ClNS.Li/c1-14-5-4-9-10(13)2-3-11-12(9)8(6-14)7-15-11;/h2-3H,4-6H2,1H3;. The van der Waals surface area contributed by atoms with Gasteiger partial charge in [0.25, 0.3) is 0 Å². The molecule has 1 aliphatic rings. The molecule has 0 fully saturated rings. The molecule has 0 atom stereocenters. The van der Waals surface area contributed by atoms with Crippen LogP contribution in [0.4, 0.5) is 0 Å². The Hall–Kier alpha value is 0.0274. The molecule has 1 aliphatic heterocycles. The molecule has 0 saturated carbocycles. The topological polar surface area (TPSA) is 3.24 Å². The summed E-state index contributed by atoms with van der Waals surface area (Å²) in [6.45, 7) is 2.15. The summed E-state index contributed by atoms with van der Waals surface area (Å²) in [6, 6.07) is 4.21. The molecule has 78 valence electrons. The van der Waals surface area contributed by atoms with E-state index in [2.05, 4.69) is 35.7 Å². The average molecular weight is 244 g/mol. The van der Waals surface area contributed by atoms with Crippen LogP contribution in [0.25, 0.3) is 10.1 Å². The van der Waals surface area contributed by atoms with Crippen LogP contribution in [0.15, 0.2) is 12.1 Å². The van der Waals surface area contributed by atoms with Gasteiger partial charge in [-0.2, -0.15) is 0 Å². The number of benzene rings is 1. The summed E-state index contributed by atoms with van der Waals surface area (Å²) in [5.41, 5.74) is 2.83. The molecule has 16 heavy (non-hydrogen) atoms. The first-order valence-corrected chi connectivity index (χ1v) is 6.74. The summed E-state index contributed by atoms with van der Waals surface area (Å²) in [6.07, 6.45) is 1.07. The van der Waals surface area contributed by atoms with Crippen molar-refractivity contribution in [2.45, 2.75) is 13.0 Å². The third kappa shape index (κ3) is 1.65. The summed E-state index contributed by atoms with van der Waals surface area (Å²) >= 11 is 10.4. The minimum atomic E-state index is 0.932. The van der Waals surface area contributed by atoms with Gasteiger partial charge in [0.05, 0.1) is 0 Å². The number of rotatable bonds is 0. The average Bonchev–Trinajstić information content (AvgIpc) is 2.46. The molecule has 0 unspecified atom stereocenters. The van der Waals surface area contributed by atoms with E-state index in [1.807, 2.05) is 17.4 Å². The second-order valence-electron chi connectivity index (χ2n) is 4.52. The van der Waals surface area contributed by atoms with Gasteiger partial charge in [0.2, 0.25) is 0 Å². The number of nitrogens with zero attached hydrogens (tertiary/aromatic N) is 1. The van der Waals surface area contributed by atoms with Crippen molar-refractivity contribution in [3.8, 4) is 0 Å². The summed E-state index contributed by atoms with van der Waals surface area (Å²) < 4.78 is 2.83. The summed E-state index contributed by atoms with van der Waals surface area (Å²) in [5, 5.41) is 2.36. The number of hydrogen-bond acceptors (Lipinski definition) is 2. The molecular formula is C12H11ClLiNS. The predicted molar refractivity (Wildman–Crippen MR) is 72.3 cm³/mol. The van der Waals surface area contributed by atoms with Crippen molar-refractivity contribution in [1.29, 1.82) is 0 Å². The fraction of sp³-hybridized carbons (Fsp3) is 0.333. The van der Waals surface area contributed by atoms with Crippen LogP contribution in [-0.2, 0) is 13.0 Å². The fourth-order valence-corrected chi connectivity index (χ4v) is 3.86. The normalized spacial score (nSPS) is 16.8. The molecule has 2 aromatic rings. The van der Waals surface area contributed by atoms with Gasteiger partial charge in [0.15, 0.2) is 0 Å². The summed E-state index contributed by atoms with van der Waals surface area (Å²) in [4.78, 5) is 2.38. The Labute approximate surface area is 114 Å². The molecule has 3 rings (SSSR count). The van der Waals surface area contributed by atoms with Crippen molar-refractivity contribution < 1.29 is 0 Å². The second kappa shape index (κ2) is 4.05. The van der Waals surface area contributed by atoms with E-state index < -0.39 is 0 Å². The zero-order valence-electron chi connectivity index (χ0n) is 9.51. The van der Waals surface area contributed by atoms with E-state index in [4.69, 9.17) is 11.6 Å². The number of halogens is 1. The van der Waals surface area contributed by atoms with Crippen LogP contribution in [-0.4, -0.2) is 36.2 Å². The Balaban J connectivity index is 2.38.